The first-order valence-electron chi connectivity index (χ1n) is 6.02. The molecule has 7 heteroatoms. The van der Waals surface area contributed by atoms with Crippen molar-refractivity contribution in [1.29, 1.82) is 0 Å². The second-order valence-electron chi connectivity index (χ2n) is 5.16. The quantitative estimate of drug-likeness (QED) is 0.831. The lowest BCUT2D eigenvalue weighted by Crippen LogP contribution is -2.44. The molecule has 0 aliphatic rings. The van der Waals surface area contributed by atoms with Gasteiger partial charge in [-0.25, -0.2) is 8.42 Å². The van der Waals surface area contributed by atoms with Crippen LogP contribution in [-0.2, 0) is 16.4 Å². The Balaban J connectivity index is 2.82. The molecule has 0 unspecified atom stereocenters. The maximum Gasteiger partial charge on any atom is 0.268 e. The summed E-state index contributed by atoms with van der Waals surface area (Å²) >= 11 is 0. The number of rotatable bonds is 5. The Kier molecular flexibility index (Phi) is 4.29. The van der Waals surface area contributed by atoms with Crippen molar-refractivity contribution >= 4 is 21.4 Å². The van der Waals surface area contributed by atoms with Gasteiger partial charge in [-0.15, -0.1) is 0 Å². The minimum Gasteiger partial charge on any atom is -0.397 e. The number of carbonyl (C=O) groups is 1. The Morgan fingerprint density at radius 2 is 2.05 bits per heavy atom. The van der Waals surface area contributed by atoms with Gasteiger partial charge in [-0.05, 0) is 26.8 Å². The van der Waals surface area contributed by atoms with Crippen molar-refractivity contribution in [3.05, 3.63) is 18.0 Å². The van der Waals surface area contributed by atoms with Crippen LogP contribution in [0.15, 0.2) is 12.3 Å². The highest BCUT2D eigenvalue weighted by Crippen LogP contribution is 2.15. The van der Waals surface area contributed by atoms with Gasteiger partial charge in [0, 0.05) is 25.5 Å². The Labute approximate surface area is 113 Å². The molecular formula is C12H21N3O3S. The van der Waals surface area contributed by atoms with Crippen molar-refractivity contribution in [1.82, 2.24) is 9.88 Å². The summed E-state index contributed by atoms with van der Waals surface area (Å²) in [7, 11) is -3.24. The summed E-state index contributed by atoms with van der Waals surface area (Å²) in [5.74, 6) is -0.324. The molecule has 0 saturated carbocycles. The molecule has 108 valence electrons. The van der Waals surface area contributed by atoms with Crippen LogP contribution in [0.5, 0.6) is 0 Å². The van der Waals surface area contributed by atoms with Gasteiger partial charge in [0.15, 0.2) is 9.84 Å². The van der Waals surface area contributed by atoms with Crippen molar-refractivity contribution < 1.29 is 13.2 Å². The van der Waals surface area contributed by atoms with E-state index >= 15 is 0 Å². The van der Waals surface area contributed by atoms with E-state index in [2.05, 4.69) is 5.32 Å². The number of nitrogen functional groups attached to an aromatic ring is 1. The number of nitrogens with zero attached hydrogens (tertiary/aromatic N) is 1. The molecule has 19 heavy (non-hydrogen) atoms. The van der Waals surface area contributed by atoms with E-state index in [9.17, 15) is 13.2 Å². The number of aryl methyl sites for hydroxylation is 1. The predicted molar refractivity (Wildman–Crippen MR) is 75.8 cm³/mol. The minimum absolute atomic E-state index is 0.0550. The predicted octanol–water partition coefficient (Wildman–Crippen LogP) is 0.643. The van der Waals surface area contributed by atoms with Gasteiger partial charge in [0.2, 0.25) is 0 Å². The monoisotopic (exact) mass is 287 g/mol. The highest BCUT2D eigenvalue weighted by atomic mass is 32.2. The smallest absolute Gasteiger partial charge is 0.268 e. The Morgan fingerprint density at radius 1 is 1.47 bits per heavy atom. The van der Waals surface area contributed by atoms with Gasteiger partial charge in [0.25, 0.3) is 5.91 Å². The van der Waals surface area contributed by atoms with Crippen LogP contribution in [0.25, 0.3) is 0 Å². The van der Waals surface area contributed by atoms with Gasteiger partial charge in [-0.3, -0.25) is 4.79 Å². The highest BCUT2D eigenvalue weighted by molar-refractivity contribution is 7.92. The van der Waals surface area contributed by atoms with E-state index in [0.29, 0.717) is 17.9 Å². The molecule has 0 aromatic carbocycles. The fourth-order valence-electron chi connectivity index (χ4n) is 1.50. The van der Waals surface area contributed by atoms with Gasteiger partial charge in [0.05, 0.1) is 10.4 Å². The number of hydrogen-bond acceptors (Lipinski definition) is 4. The molecule has 0 atom stereocenters. The molecule has 0 fully saturated rings. The number of anilines is 1. The SMILES string of the molecule is CCn1cc(N)cc1C(=O)NCC(C)(C)S(C)(=O)=O. The van der Waals surface area contributed by atoms with Crippen molar-refractivity contribution in [3.63, 3.8) is 0 Å². The van der Waals surface area contributed by atoms with Gasteiger partial charge < -0.3 is 15.6 Å². The molecule has 1 heterocycles. The van der Waals surface area contributed by atoms with E-state index in [1.807, 2.05) is 6.92 Å². The third-order valence-corrected chi connectivity index (χ3v) is 5.32. The Bertz CT molecular complexity index is 573. The van der Waals surface area contributed by atoms with Gasteiger partial charge in [0.1, 0.15) is 5.69 Å². The van der Waals surface area contributed by atoms with Gasteiger partial charge in [-0.2, -0.15) is 0 Å². The fourth-order valence-corrected chi connectivity index (χ4v) is 1.83. The van der Waals surface area contributed by atoms with Crippen LogP contribution in [0.3, 0.4) is 0 Å². The average Bonchev–Trinajstić information content (AvgIpc) is 2.66. The molecular weight excluding hydrogens is 266 g/mol. The highest BCUT2D eigenvalue weighted by Gasteiger charge is 2.30. The first-order valence-corrected chi connectivity index (χ1v) is 7.91. The van der Waals surface area contributed by atoms with Gasteiger partial charge in [-0.1, -0.05) is 0 Å². The van der Waals surface area contributed by atoms with Crippen LogP contribution in [0, 0.1) is 0 Å². The minimum atomic E-state index is -3.24. The van der Waals surface area contributed by atoms with Crippen LogP contribution in [0.2, 0.25) is 0 Å². The zero-order chi connectivity index (χ0) is 14.8. The Hall–Kier alpha value is -1.50. The second-order valence-corrected chi connectivity index (χ2v) is 7.81. The molecule has 0 radical (unpaired) electrons. The topological polar surface area (TPSA) is 94.2 Å². The molecule has 0 spiro atoms. The number of aromatic nitrogens is 1. The maximum absolute atomic E-state index is 12.0. The molecule has 1 aromatic rings. The molecule has 0 bridgehead atoms. The van der Waals surface area contributed by atoms with E-state index in [-0.39, 0.29) is 12.5 Å². The maximum atomic E-state index is 12.0. The lowest BCUT2D eigenvalue weighted by molar-refractivity contribution is 0.0941. The molecule has 0 saturated heterocycles. The van der Waals surface area contributed by atoms with E-state index in [1.165, 1.54) is 0 Å². The van der Waals surface area contributed by atoms with Crippen LogP contribution in [0.1, 0.15) is 31.3 Å². The van der Waals surface area contributed by atoms with E-state index in [1.54, 1.807) is 30.7 Å². The van der Waals surface area contributed by atoms with Crippen molar-refractivity contribution in [2.45, 2.75) is 32.1 Å². The third kappa shape index (κ3) is 3.50. The molecule has 6 nitrogen and oxygen atoms in total. The summed E-state index contributed by atoms with van der Waals surface area (Å²) < 4.78 is 23.8. The first-order chi connectivity index (χ1) is 8.58. The van der Waals surface area contributed by atoms with E-state index in [4.69, 9.17) is 5.73 Å². The van der Waals surface area contributed by atoms with Crippen molar-refractivity contribution in [2.75, 3.05) is 18.5 Å². The average molecular weight is 287 g/mol. The summed E-state index contributed by atoms with van der Waals surface area (Å²) in [4.78, 5) is 12.0. The van der Waals surface area contributed by atoms with Crippen LogP contribution in [-0.4, -0.2) is 36.4 Å². The second kappa shape index (κ2) is 5.24. The summed E-state index contributed by atoms with van der Waals surface area (Å²) in [6.07, 6.45) is 2.84. The van der Waals surface area contributed by atoms with E-state index < -0.39 is 14.6 Å². The Morgan fingerprint density at radius 3 is 2.53 bits per heavy atom. The number of carbonyl (C=O) groups excluding carboxylic acids is 1. The normalized spacial score (nSPS) is 12.4. The number of sulfone groups is 1. The zero-order valence-electron chi connectivity index (χ0n) is 11.7. The molecule has 1 amide bonds. The molecule has 1 rings (SSSR count). The lowest BCUT2D eigenvalue weighted by Gasteiger charge is -2.22. The molecule has 1 aromatic heterocycles. The summed E-state index contributed by atoms with van der Waals surface area (Å²) in [6, 6.07) is 1.58. The fraction of sp³-hybridized carbons (Fsp3) is 0.583. The van der Waals surface area contributed by atoms with Crippen molar-refractivity contribution in [2.24, 2.45) is 0 Å². The first kappa shape index (κ1) is 15.6. The molecule has 0 aliphatic heterocycles. The van der Waals surface area contributed by atoms with Crippen LogP contribution < -0.4 is 11.1 Å². The number of amides is 1. The van der Waals surface area contributed by atoms with E-state index in [0.717, 1.165) is 6.26 Å². The molecule has 0 aliphatic carbocycles. The summed E-state index contributed by atoms with van der Waals surface area (Å²) in [5.41, 5.74) is 6.59. The molecule has 3 N–H and O–H groups in total. The zero-order valence-corrected chi connectivity index (χ0v) is 12.5. The standard InChI is InChI=1S/C12H21N3O3S/c1-5-15-7-9(13)6-10(15)11(16)14-8-12(2,3)19(4,17)18/h6-7H,5,8,13H2,1-4H3,(H,14,16). The number of nitrogens with one attached hydrogen (secondary N) is 1. The van der Waals surface area contributed by atoms with Crippen LogP contribution in [0.4, 0.5) is 5.69 Å². The van der Waals surface area contributed by atoms with Crippen molar-refractivity contribution in [3.8, 4) is 0 Å². The number of hydrogen-bond donors (Lipinski definition) is 2. The third-order valence-electron chi connectivity index (χ3n) is 3.17. The summed E-state index contributed by atoms with van der Waals surface area (Å²) in [5, 5.41) is 2.64. The largest absolute Gasteiger partial charge is 0.397 e. The number of nitrogens with two attached hydrogens (primary N) is 1. The van der Waals surface area contributed by atoms with Gasteiger partial charge >= 0.3 is 0 Å². The lowest BCUT2D eigenvalue weighted by atomic mass is 10.2. The van der Waals surface area contributed by atoms with Crippen LogP contribution >= 0.6 is 0 Å². The summed E-state index contributed by atoms with van der Waals surface area (Å²) in [6.45, 7) is 5.73.